The fourth-order valence-electron chi connectivity index (χ4n) is 3.53. The SMILES string of the molecule is NCCCCn1cc(-c2cccc(OCc3ccccc3)c2)c2c(Cl)nccc21. The van der Waals surface area contributed by atoms with Crippen LogP contribution in [0, 0.1) is 0 Å². The van der Waals surface area contributed by atoms with Gasteiger partial charge in [-0.05, 0) is 48.7 Å². The van der Waals surface area contributed by atoms with Crippen LogP contribution in [-0.2, 0) is 13.2 Å². The van der Waals surface area contributed by atoms with Crippen LogP contribution >= 0.6 is 11.6 Å². The van der Waals surface area contributed by atoms with Gasteiger partial charge >= 0.3 is 0 Å². The maximum Gasteiger partial charge on any atom is 0.138 e. The number of benzene rings is 2. The van der Waals surface area contributed by atoms with Crippen LogP contribution in [0.4, 0.5) is 0 Å². The van der Waals surface area contributed by atoms with Gasteiger partial charge in [-0.1, -0.05) is 54.1 Å². The summed E-state index contributed by atoms with van der Waals surface area (Å²) in [4.78, 5) is 4.30. The summed E-state index contributed by atoms with van der Waals surface area (Å²) < 4.78 is 8.25. The molecule has 0 unspecified atom stereocenters. The van der Waals surface area contributed by atoms with Gasteiger partial charge in [0.15, 0.2) is 0 Å². The zero-order valence-electron chi connectivity index (χ0n) is 16.2. The quantitative estimate of drug-likeness (QED) is 0.303. The zero-order chi connectivity index (χ0) is 20.1. The van der Waals surface area contributed by atoms with Crippen molar-refractivity contribution in [3.8, 4) is 16.9 Å². The second kappa shape index (κ2) is 9.12. The van der Waals surface area contributed by atoms with Gasteiger partial charge in [0, 0.05) is 29.9 Å². The second-order valence-electron chi connectivity index (χ2n) is 7.03. The van der Waals surface area contributed by atoms with E-state index in [4.69, 9.17) is 22.1 Å². The normalized spacial score (nSPS) is 11.1. The molecule has 0 amide bonds. The lowest BCUT2D eigenvalue weighted by atomic mass is 10.1. The van der Waals surface area contributed by atoms with Crippen molar-refractivity contribution in [3.63, 3.8) is 0 Å². The molecule has 0 atom stereocenters. The molecule has 0 saturated carbocycles. The fraction of sp³-hybridized carbons (Fsp3) is 0.208. The van der Waals surface area contributed by atoms with E-state index in [-0.39, 0.29) is 0 Å². The number of halogens is 1. The predicted molar refractivity (Wildman–Crippen MR) is 119 cm³/mol. The Balaban J connectivity index is 1.65. The first-order chi connectivity index (χ1) is 14.3. The van der Waals surface area contributed by atoms with Crippen LogP contribution in [0.3, 0.4) is 0 Å². The number of aromatic nitrogens is 2. The zero-order valence-corrected chi connectivity index (χ0v) is 17.0. The van der Waals surface area contributed by atoms with E-state index in [1.54, 1.807) is 6.20 Å². The van der Waals surface area contributed by atoms with Crippen molar-refractivity contribution in [3.05, 3.63) is 83.8 Å². The summed E-state index contributed by atoms with van der Waals surface area (Å²) in [7, 11) is 0. The fourth-order valence-corrected chi connectivity index (χ4v) is 3.78. The first-order valence-electron chi connectivity index (χ1n) is 9.87. The molecule has 0 bridgehead atoms. The van der Waals surface area contributed by atoms with Gasteiger partial charge in [0.25, 0.3) is 0 Å². The van der Waals surface area contributed by atoms with E-state index in [2.05, 4.69) is 40.0 Å². The molecular weight excluding hydrogens is 382 g/mol. The van der Waals surface area contributed by atoms with Gasteiger partial charge < -0.3 is 15.0 Å². The molecule has 148 valence electrons. The van der Waals surface area contributed by atoms with Gasteiger partial charge in [0.1, 0.15) is 17.5 Å². The minimum Gasteiger partial charge on any atom is -0.489 e. The monoisotopic (exact) mass is 405 g/mol. The molecule has 29 heavy (non-hydrogen) atoms. The third-order valence-corrected chi connectivity index (χ3v) is 5.28. The molecule has 0 aliphatic rings. The minimum absolute atomic E-state index is 0.519. The molecule has 0 spiro atoms. The van der Waals surface area contributed by atoms with Crippen molar-refractivity contribution < 1.29 is 4.74 Å². The Morgan fingerprint density at radius 2 is 1.86 bits per heavy atom. The molecule has 0 fully saturated rings. The lowest BCUT2D eigenvalue weighted by Gasteiger charge is -2.08. The van der Waals surface area contributed by atoms with E-state index in [1.807, 2.05) is 36.4 Å². The maximum atomic E-state index is 6.49. The number of hydrogen-bond acceptors (Lipinski definition) is 3. The van der Waals surface area contributed by atoms with E-state index < -0.39 is 0 Å². The van der Waals surface area contributed by atoms with Crippen molar-refractivity contribution in [1.82, 2.24) is 9.55 Å². The van der Waals surface area contributed by atoms with Gasteiger partial charge in [0.2, 0.25) is 0 Å². The Kier molecular flexibility index (Phi) is 6.13. The van der Waals surface area contributed by atoms with Crippen LogP contribution in [0.5, 0.6) is 5.75 Å². The van der Waals surface area contributed by atoms with Gasteiger partial charge in [0.05, 0.1) is 5.52 Å². The molecule has 0 saturated heterocycles. The standard InChI is InChI=1S/C24H24ClN3O/c25-24-23-21(16-28(14-5-4-12-26)22(23)11-13-27-24)19-9-6-10-20(15-19)29-17-18-7-2-1-3-8-18/h1-3,6-11,13,15-16H,4-5,12,14,17,26H2. The lowest BCUT2D eigenvalue weighted by molar-refractivity contribution is 0.306. The number of rotatable bonds is 8. The smallest absolute Gasteiger partial charge is 0.138 e. The Bertz CT molecular complexity index is 1090. The summed E-state index contributed by atoms with van der Waals surface area (Å²) in [6.45, 7) is 2.14. The summed E-state index contributed by atoms with van der Waals surface area (Å²) in [6, 6.07) is 20.3. The molecule has 4 nitrogen and oxygen atoms in total. The Hall–Kier alpha value is -2.82. The van der Waals surface area contributed by atoms with Crippen LogP contribution in [0.15, 0.2) is 73.1 Å². The topological polar surface area (TPSA) is 53.1 Å². The van der Waals surface area contributed by atoms with E-state index in [1.165, 1.54) is 0 Å². The molecule has 2 heterocycles. The molecular formula is C24H24ClN3O. The van der Waals surface area contributed by atoms with Crippen molar-refractivity contribution in [2.24, 2.45) is 5.73 Å². The summed E-state index contributed by atoms with van der Waals surface area (Å²) in [5.41, 5.74) is 10.0. The van der Waals surface area contributed by atoms with Crippen LogP contribution in [0.1, 0.15) is 18.4 Å². The Labute approximate surface area is 175 Å². The predicted octanol–water partition coefficient (Wildman–Crippen LogP) is 5.67. The van der Waals surface area contributed by atoms with Gasteiger partial charge in [-0.3, -0.25) is 0 Å². The van der Waals surface area contributed by atoms with Gasteiger partial charge in [-0.2, -0.15) is 0 Å². The molecule has 2 aromatic carbocycles. The first-order valence-corrected chi connectivity index (χ1v) is 10.2. The van der Waals surface area contributed by atoms with Crippen molar-refractivity contribution >= 4 is 22.5 Å². The average Bonchev–Trinajstić information content (AvgIpc) is 3.14. The van der Waals surface area contributed by atoms with E-state index in [0.29, 0.717) is 18.3 Å². The third-order valence-electron chi connectivity index (χ3n) is 4.99. The van der Waals surface area contributed by atoms with Crippen molar-refractivity contribution in [1.29, 1.82) is 0 Å². The van der Waals surface area contributed by atoms with E-state index >= 15 is 0 Å². The second-order valence-corrected chi connectivity index (χ2v) is 7.39. The molecule has 2 N–H and O–H groups in total. The highest BCUT2D eigenvalue weighted by Gasteiger charge is 2.14. The number of unbranched alkanes of at least 4 members (excludes halogenated alkanes) is 1. The molecule has 2 aromatic heterocycles. The van der Waals surface area contributed by atoms with Crippen LogP contribution in [0.2, 0.25) is 5.15 Å². The lowest BCUT2D eigenvalue weighted by Crippen LogP contribution is -2.02. The first kappa shape index (κ1) is 19.5. The highest BCUT2D eigenvalue weighted by atomic mass is 35.5. The average molecular weight is 406 g/mol. The van der Waals surface area contributed by atoms with Gasteiger partial charge in [-0.25, -0.2) is 4.98 Å². The Morgan fingerprint density at radius 1 is 1.00 bits per heavy atom. The third kappa shape index (κ3) is 4.44. The van der Waals surface area contributed by atoms with Gasteiger partial charge in [-0.15, -0.1) is 0 Å². The number of nitrogens with zero attached hydrogens (tertiary/aromatic N) is 2. The van der Waals surface area contributed by atoms with Crippen LogP contribution < -0.4 is 10.5 Å². The molecule has 0 aliphatic heterocycles. The number of aryl methyl sites for hydroxylation is 1. The largest absolute Gasteiger partial charge is 0.489 e. The highest BCUT2D eigenvalue weighted by Crippen LogP contribution is 2.36. The summed E-state index contributed by atoms with van der Waals surface area (Å²) >= 11 is 6.49. The molecule has 4 aromatic rings. The van der Waals surface area contributed by atoms with Crippen molar-refractivity contribution in [2.45, 2.75) is 26.0 Å². The minimum atomic E-state index is 0.519. The number of ether oxygens (including phenoxy) is 1. The van der Waals surface area contributed by atoms with E-state index in [0.717, 1.165) is 52.7 Å². The molecule has 4 rings (SSSR count). The number of nitrogens with two attached hydrogens (primary N) is 1. The molecule has 0 radical (unpaired) electrons. The Morgan fingerprint density at radius 3 is 2.69 bits per heavy atom. The van der Waals surface area contributed by atoms with Crippen LogP contribution in [-0.4, -0.2) is 16.1 Å². The number of hydrogen-bond donors (Lipinski definition) is 1. The molecule has 5 heteroatoms. The maximum absolute atomic E-state index is 6.49. The number of fused-ring (bicyclic) bond motifs is 1. The number of pyridine rings is 1. The van der Waals surface area contributed by atoms with E-state index in [9.17, 15) is 0 Å². The summed E-state index contributed by atoms with van der Waals surface area (Å²) in [6.07, 6.45) is 5.94. The highest BCUT2D eigenvalue weighted by molar-refractivity contribution is 6.35. The summed E-state index contributed by atoms with van der Waals surface area (Å²) in [5, 5.41) is 1.49. The summed E-state index contributed by atoms with van der Waals surface area (Å²) in [5.74, 6) is 0.829. The van der Waals surface area contributed by atoms with Crippen LogP contribution in [0.25, 0.3) is 22.0 Å². The van der Waals surface area contributed by atoms with Crippen molar-refractivity contribution in [2.75, 3.05) is 6.54 Å². The molecule has 0 aliphatic carbocycles.